The summed E-state index contributed by atoms with van der Waals surface area (Å²) in [7, 11) is 1.84. The minimum atomic E-state index is 0.434. The van der Waals surface area contributed by atoms with E-state index in [1.807, 2.05) is 17.9 Å². The highest BCUT2D eigenvalue weighted by molar-refractivity contribution is 5.80. The Morgan fingerprint density at radius 2 is 2.11 bits per heavy atom. The highest BCUT2D eigenvalue weighted by atomic mass is 15.3. The molecule has 0 radical (unpaired) electrons. The smallest absolute Gasteiger partial charge is 0.191 e. The molecule has 2 unspecified atom stereocenters. The van der Waals surface area contributed by atoms with E-state index in [0.29, 0.717) is 12.1 Å². The molecule has 1 saturated heterocycles. The zero-order valence-electron chi connectivity index (χ0n) is 16.7. The van der Waals surface area contributed by atoms with Crippen molar-refractivity contribution in [3.8, 4) is 0 Å². The van der Waals surface area contributed by atoms with Gasteiger partial charge in [0, 0.05) is 51.5 Å². The minimum Gasteiger partial charge on any atom is -0.356 e. The van der Waals surface area contributed by atoms with Crippen LogP contribution in [0.3, 0.4) is 0 Å². The molecule has 6 heteroatoms. The first-order valence-electron chi connectivity index (χ1n) is 9.88. The molecule has 1 aromatic heterocycles. The van der Waals surface area contributed by atoms with E-state index in [9.17, 15) is 0 Å². The number of hydrogen-bond acceptors (Lipinski definition) is 3. The number of guanidine groups is 1. The molecule has 2 N–H and O–H groups in total. The average molecular weight is 369 g/mol. The second-order valence-electron chi connectivity index (χ2n) is 7.47. The molecule has 0 spiro atoms. The van der Waals surface area contributed by atoms with Gasteiger partial charge in [0.15, 0.2) is 5.96 Å². The Bertz CT molecular complexity index is 723. The summed E-state index contributed by atoms with van der Waals surface area (Å²) in [6, 6.07) is 11.7. The van der Waals surface area contributed by atoms with Crippen molar-refractivity contribution in [1.82, 2.24) is 25.3 Å². The van der Waals surface area contributed by atoms with Gasteiger partial charge in [0.25, 0.3) is 0 Å². The Morgan fingerprint density at radius 1 is 1.30 bits per heavy atom. The minimum absolute atomic E-state index is 0.434. The third kappa shape index (κ3) is 5.82. The summed E-state index contributed by atoms with van der Waals surface area (Å²) in [6.07, 6.45) is 6.13. The van der Waals surface area contributed by atoms with E-state index >= 15 is 0 Å². The van der Waals surface area contributed by atoms with E-state index in [4.69, 9.17) is 0 Å². The molecule has 27 heavy (non-hydrogen) atoms. The van der Waals surface area contributed by atoms with Gasteiger partial charge in [-0.3, -0.25) is 14.6 Å². The van der Waals surface area contributed by atoms with Crippen LogP contribution in [0.2, 0.25) is 0 Å². The van der Waals surface area contributed by atoms with Gasteiger partial charge in [0.1, 0.15) is 0 Å². The molecule has 2 heterocycles. The van der Waals surface area contributed by atoms with E-state index in [-0.39, 0.29) is 0 Å². The highest BCUT2D eigenvalue weighted by Crippen LogP contribution is 2.20. The van der Waals surface area contributed by atoms with Gasteiger partial charge in [-0.1, -0.05) is 30.3 Å². The lowest BCUT2D eigenvalue weighted by molar-refractivity contribution is 0.258. The maximum Gasteiger partial charge on any atom is 0.191 e. The van der Waals surface area contributed by atoms with Crippen molar-refractivity contribution >= 4 is 5.96 Å². The number of hydrogen-bond donors (Lipinski definition) is 2. The first kappa shape index (κ1) is 19.4. The van der Waals surface area contributed by atoms with Crippen LogP contribution in [0.4, 0.5) is 0 Å². The standard InChI is InChI=1S/C21H32N6/c1-17-13-24-27(14-17)11-7-10-23-21(22-3)25-20-12-18(2)26(16-20)15-19-8-5-4-6-9-19/h4-6,8-9,13-14,18,20H,7,10-12,15-16H2,1-3H3,(H2,22,23,25). The number of aryl methyl sites for hydroxylation is 2. The van der Waals surface area contributed by atoms with Crippen molar-refractivity contribution in [2.45, 2.75) is 51.9 Å². The topological polar surface area (TPSA) is 57.5 Å². The summed E-state index contributed by atoms with van der Waals surface area (Å²) in [5, 5.41) is 11.3. The number of nitrogens with one attached hydrogen (secondary N) is 2. The Morgan fingerprint density at radius 3 is 2.81 bits per heavy atom. The fourth-order valence-electron chi connectivity index (χ4n) is 3.67. The molecule has 0 amide bonds. The van der Waals surface area contributed by atoms with Crippen LogP contribution in [0.5, 0.6) is 0 Å². The zero-order chi connectivity index (χ0) is 19.1. The van der Waals surface area contributed by atoms with Crippen molar-refractivity contribution in [2.75, 3.05) is 20.1 Å². The van der Waals surface area contributed by atoms with Gasteiger partial charge in [0.2, 0.25) is 0 Å². The molecule has 6 nitrogen and oxygen atoms in total. The number of rotatable bonds is 7. The fraction of sp³-hybridized carbons (Fsp3) is 0.524. The van der Waals surface area contributed by atoms with Crippen molar-refractivity contribution < 1.29 is 0 Å². The molecule has 1 aromatic carbocycles. The molecular formula is C21H32N6. The van der Waals surface area contributed by atoms with Crippen LogP contribution in [0.15, 0.2) is 47.7 Å². The third-order valence-corrected chi connectivity index (χ3v) is 5.12. The van der Waals surface area contributed by atoms with Crippen LogP contribution in [-0.2, 0) is 13.1 Å². The van der Waals surface area contributed by atoms with E-state index in [2.05, 4.69) is 76.0 Å². The lowest BCUT2D eigenvalue weighted by Gasteiger charge is -2.21. The van der Waals surface area contributed by atoms with Crippen molar-refractivity contribution in [3.05, 3.63) is 53.9 Å². The summed E-state index contributed by atoms with van der Waals surface area (Å²) in [6.45, 7) is 8.24. The van der Waals surface area contributed by atoms with E-state index in [1.54, 1.807) is 0 Å². The Balaban J connectivity index is 1.40. The van der Waals surface area contributed by atoms with Crippen LogP contribution >= 0.6 is 0 Å². The quantitative estimate of drug-likeness (QED) is 0.448. The van der Waals surface area contributed by atoms with Crippen molar-refractivity contribution in [3.63, 3.8) is 0 Å². The van der Waals surface area contributed by atoms with Gasteiger partial charge in [-0.15, -0.1) is 0 Å². The number of aromatic nitrogens is 2. The Labute approximate surface area is 162 Å². The summed E-state index contributed by atoms with van der Waals surface area (Å²) >= 11 is 0. The van der Waals surface area contributed by atoms with E-state index < -0.39 is 0 Å². The number of likely N-dealkylation sites (tertiary alicyclic amines) is 1. The van der Waals surface area contributed by atoms with Crippen molar-refractivity contribution in [1.29, 1.82) is 0 Å². The van der Waals surface area contributed by atoms with Crippen molar-refractivity contribution in [2.24, 2.45) is 4.99 Å². The molecule has 1 aliphatic heterocycles. The van der Waals surface area contributed by atoms with Crippen LogP contribution in [0, 0.1) is 6.92 Å². The van der Waals surface area contributed by atoms with Crippen LogP contribution in [0.1, 0.15) is 30.9 Å². The normalized spacial score (nSPS) is 20.8. The van der Waals surface area contributed by atoms with Gasteiger partial charge in [-0.2, -0.15) is 5.10 Å². The molecule has 1 fully saturated rings. The molecule has 2 atom stereocenters. The molecule has 146 valence electrons. The van der Waals surface area contributed by atoms with Crippen LogP contribution in [-0.4, -0.2) is 52.9 Å². The van der Waals surface area contributed by atoms with Gasteiger partial charge >= 0.3 is 0 Å². The van der Waals surface area contributed by atoms with E-state index in [0.717, 1.165) is 45.0 Å². The van der Waals surface area contributed by atoms with Gasteiger partial charge in [-0.25, -0.2) is 0 Å². The van der Waals surface area contributed by atoms with Gasteiger partial charge < -0.3 is 10.6 Å². The molecule has 0 saturated carbocycles. The SMILES string of the molecule is CN=C(NCCCn1cc(C)cn1)NC1CC(C)N(Cc2ccccc2)C1. The monoisotopic (exact) mass is 368 g/mol. The van der Waals surface area contributed by atoms with E-state index in [1.165, 1.54) is 11.1 Å². The molecule has 0 bridgehead atoms. The fourth-order valence-corrected chi connectivity index (χ4v) is 3.67. The lowest BCUT2D eigenvalue weighted by Crippen LogP contribution is -2.44. The Kier molecular flexibility index (Phi) is 6.87. The molecular weight excluding hydrogens is 336 g/mol. The van der Waals surface area contributed by atoms with Crippen LogP contribution in [0.25, 0.3) is 0 Å². The maximum absolute atomic E-state index is 4.39. The van der Waals surface area contributed by atoms with Gasteiger partial charge in [-0.05, 0) is 37.8 Å². The van der Waals surface area contributed by atoms with Crippen LogP contribution < -0.4 is 10.6 Å². The first-order chi connectivity index (χ1) is 13.1. The molecule has 3 rings (SSSR count). The molecule has 2 aromatic rings. The predicted octanol–water partition coefficient (Wildman–Crippen LogP) is 2.41. The highest BCUT2D eigenvalue weighted by Gasteiger charge is 2.29. The third-order valence-electron chi connectivity index (χ3n) is 5.12. The second kappa shape index (κ2) is 9.55. The maximum atomic E-state index is 4.39. The summed E-state index contributed by atoms with van der Waals surface area (Å²) in [4.78, 5) is 6.93. The molecule has 0 aliphatic carbocycles. The summed E-state index contributed by atoms with van der Waals surface area (Å²) < 4.78 is 1.99. The molecule has 1 aliphatic rings. The lowest BCUT2D eigenvalue weighted by atomic mass is 10.2. The first-order valence-corrected chi connectivity index (χ1v) is 9.88. The Hall–Kier alpha value is -2.34. The number of aliphatic imine (C=N–C) groups is 1. The second-order valence-corrected chi connectivity index (χ2v) is 7.47. The summed E-state index contributed by atoms with van der Waals surface area (Å²) in [5.74, 6) is 0.894. The summed E-state index contributed by atoms with van der Waals surface area (Å²) in [5.41, 5.74) is 2.58. The average Bonchev–Trinajstić information content (AvgIpc) is 3.24. The van der Waals surface area contributed by atoms with Gasteiger partial charge in [0.05, 0.1) is 6.20 Å². The number of nitrogens with zero attached hydrogens (tertiary/aromatic N) is 4. The predicted molar refractivity (Wildman–Crippen MR) is 111 cm³/mol. The number of benzene rings is 1. The largest absolute Gasteiger partial charge is 0.356 e. The zero-order valence-corrected chi connectivity index (χ0v) is 16.7.